The molecule has 1 aromatic carbocycles. The number of nitrogens with zero attached hydrogens (tertiary/aromatic N) is 2. The van der Waals surface area contributed by atoms with Crippen LogP contribution in [-0.2, 0) is 49.6 Å². The van der Waals surface area contributed by atoms with Gasteiger partial charge in [-0.1, -0.05) is 46.2 Å². The van der Waals surface area contributed by atoms with Crippen molar-refractivity contribution in [3.05, 3.63) is 29.8 Å². The number of phenolic OH excluding ortho intramolecular Hbond substituents is 1. The van der Waals surface area contributed by atoms with E-state index in [1.807, 2.05) is 6.92 Å². The number of hydrogen-bond acceptors (Lipinski definition) is 10. The van der Waals surface area contributed by atoms with Crippen LogP contribution < -0.4 is 31.9 Å². The second kappa shape index (κ2) is 19.5. The van der Waals surface area contributed by atoms with Crippen molar-refractivity contribution in [1.29, 1.82) is 0 Å². The highest BCUT2D eigenvalue weighted by molar-refractivity contribution is 6.09. The highest BCUT2D eigenvalue weighted by atomic mass is 16.3. The number of carbonyl (C=O) groups is 9. The molecule has 0 spiro atoms. The van der Waals surface area contributed by atoms with E-state index in [-0.39, 0.29) is 43.5 Å². The van der Waals surface area contributed by atoms with Crippen LogP contribution in [0.5, 0.6) is 5.75 Å². The Balaban J connectivity index is 1.68. The maximum Gasteiger partial charge on any atom is 0.248 e. The molecule has 3 aliphatic rings. The number of carbonyl (C=O) groups excluding carboxylic acids is 9. The van der Waals surface area contributed by atoms with Gasteiger partial charge in [0.1, 0.15) is 47.9 Å². The molecule has 0 saturated carbocycles. The Labute approximate surface area is 332 Å². The molecular weight excluding hydrogens is 740 g/mol. The molecule has 7 N–H and O–H groups in total. The van der Waals surface area contributed by atoms with E-state index in [0.29, 0.717) is 31.2 Å². The maximum absolute atomic E-state index is 14.3. The number of nitrogens with one attached hydrogen (secondary N) is 6. The lowest BCUT2D eigenvalue weighted by molar-refractivity contribution is -0.151. The second-order valence-corrected chi connectivity index (χ2v) is 15.5. The fourth-order valence-electron chi connectivity index (χ4n) is 7.08. The van der Waals surface area contributed by atoms with Crippen molar-refractivity contribution in [2.24, 2.45) is 23.7 Å². The third-order valence-corrected chi connectivity index (χ3v) is 10.9. The number of benzene rings is 1. The van der Waals surface area contributed by atoms with Gasteiger partial charge in [0, 0.05) is 13.1 Å². The van der Waals surface area contributed by atoms with Gasteiger partial charge in [0.25, 0.3) is 0 Å². The second-order valence-electron chi connectivity index (χ2n) is 15.5. The average Bonchev–Trinajstić information content (AvgIpc) is 3.88. The van der Waals surface area contributed by atoms with Gasteiger partial charge in [-0.3, -0.25) is 48.5 Å². The topological polar surface area (TPSA) is 253 Å². The lowest BCUT2D eigenvalue weighted by Gasteiger charge is -2.33. The molecule has 3 heterocycles. The van der Waals surface area contributed by atoms with Crippen molar-refractivity contribution in [2.45, 2.75) is 110 Å². The van der Waals surface area contributed by atoms with Gasteiger partial charge in [-0.25, -0.2) is 0 Å². The number of phenols is 1. The Morgan fingerprint density at radius 1 is 0.702 bits per heavy atom. The third kappa shape index (κ3) is 11.1. The van der Waals surface area contributed by atoms with Gasteiger partial charge in [0.15, 0.2) is 0 Å². The quantitative estimate of drug-likeness (QED) is 0.144. The average molecular weight is 797 g/mol. The molecule has 3 aliphatic heterocycles. The minimum absolute atomic E-state index is 0.0450. The maximum atomic E-state index is 14.3. The van der Waals surface area contributed by atoms with Gasteiger partial charge in [-0.05, 0) is 75.5 Å². The molecule has 0 aliphatic carbocycles. The van der Waals surface area contributed by atoms with E-state index in [4.69, 9.17) is 0 Å². The van der Waals surface area contributed by atoms with Crippen molar-refractivity contribution >= 4 is 53.2 Å². The first-order chi connectivity index (χ1) is 26.9. The van der Waals surface area contributed by atoms with Crippen LogP contribution in [0, 0.1) is 23.7 Å². The van der Waals surface area contributed by atoms with Crippen molar-refractivity contribution in [3.63, 3.8) is 0 Å². The van der Waals surface area contributed by atoms with Gasteiger partial charge < -0.3 is 41.5 Å². The predicted octanol–water partition coefficient (Wildman–Crippen LogP) is -0.808. The van der Waals surface area contributed by atoms with Crippen LogP contribution in [0.3, 0.4) is 0 Å². The van der Waals surface area contributed by atoms with E-state index < -0.39 is 102 Å². The first-order valence-corrected chi connectivity index (χ1v) is 19.6. The molecule has 8 atom stereocenters. The minimum atomic E-state index is -1.51. The summed E-state index contributed by atoms with van der Waals surface area (Å²) >= 11 is 0. The van der Waals surface area contributed by atoms with Crippen molar-refractivity contribution in [1.82, 2.24) is 41.7 Å². The van der Waals surface area contributed by atoms with Crippen LogP contribution in [-0.4, -0.2) is 118 Å². The molecule has 18 heteroatoms. The first kappa shape index (κ1) is 44.2. The Bertz CT molecular complexity index is 1720. The van der Waals surface area contributed by atoms with Gasteiger partial charge in [-0.2, -0.15) is 0 Å². The van der Waals surface area contributed by atoms with Gasteiger partial charge in [-0.15, -0.1) is 0 Å². The van der Waals surface area contributed by atoms with Gasteiger partial charge in [0.2, 0.25) is 53.2 Å². The smallest absolute Gasteiger partial charge is 0.248 e. The van der Waals surface area contributed by atoms with E-state index in [2.05, 4.69) is 31.9 Å². The van der Waals surface area contributed by atoms with Crippen molar-refractivity contribution < 1.29 is 48.3 Å². The number of fused-ring (bicyclic) bond motifs is 2. The fraction of sp³-hybridized carbons (Fsp3) is 0.615. The normalized spacial score (nSPS) is 28.5. The molecule has 1 aromatic rings. The Morgan fingerprint density at radius 3 is 1.91 bits per heavy atom. The van der Waals surface area contributed by atoms with E-state index >= 15 is 0 Å². The molecule has 4 rings (SSSR count). The summed E-state index contributed by atoms with van der Waals surface area (Å²) in [5.74, 6) is -10.3. The molecule has 0 radical (unpaired) electrons. The predicted molar refractivity (Wildman–Crippen MR) is 204 cm³/mol. The monoisotopic (exact) mass is 796 g/mol. The molecule has 18 nitrogen and oxygen atoms in total. The van der Waals surface area contributed by atoms with Crippen molar-refractivity contribution in [3.8, 4) is 5.75 Å². The SMILES string of the molecule is CCC(C)C1NC(=O)C2CCCN2C(=O)C2CCCN2C(=O)C(Cc2ccc(O)cc2)C(=O)NC(=O)C(C)NC(=O)C(C)C(=O)NC(C(C)C)NC(=O)CNC1=O. The lowest BCUT2D eigenvalue weighted by atomic mass is 9.96. The number of rotatable bonds is 5. The summed E-state index contributed by atoms with van der Waals surface area (Å²) in [4.78, 5) is 125. The number of hydrogen-bond donors (Lipinski definition) is 7. The van der Waals surface area contributed by atoms with Crippen LogP contribution in [0.4, 0.5) is 0 Å². The van der Waals surface area contributed by atoms with E-state index in [1.165, 1.54) is 47.9 Å². The summed E-state index contributed by atoms with van der Waals surface area (Å²) in [6, 6.07) is 1.44. The fourth-order valence-corrected chi connectivity index (χ4v) is 7.08. The van der Waals surface area contributed by atoms with Crippen LogP contribution in [0.1, 0.15) is 79.2 Å². The Morgan fingerprint density at radius 2 is 1.30 bits per heavy atom. The largest absolute Gasteiger partial charge is 0.508 e. The third-order valence-electron chi connectivity index (χ3n) is 10.9. The molecule has 9 amide bonds. The molecule has 312 valence electrons. The molecule has 0 aromatic heterocycles. The van der Waals surface area contributed by atoms with Gasteiger partial charge in [0.05, 0.1) is 6.54 Å². The summed E-state index contributed by atoms with van der Waals surface area (Å²) in [5, 5.41) is 25.0. The Hall–Kier alpha value is -5.55. The molecule has 8 unspecified atom stereocenters. The number of amides is 9. The molecular formula is C39H56N8O10. The summed E-state index contributed by atoms with van der Waals surface area (Å²) in [6.07, 6.45) is 0.811. The summed E-state index contributed by atoms with van der Waals surface area (Å²) in [6.45, 7) is 9.47. The van der Waals surface area contributed by atoms with Crippen LogP contribution >= 0.6 is 0 Å². The van der Waals surface area contributed by atoms with Crippen LogP contribution in [0.2, 0.25) is 0 Å². The minimum Gasteiger partial charge on any atom is -0.508 e. The van der Waals surface area contributed by atoms with E-state index in [1.54, 1.807) is 20.8 Å². The summed E-state index contributed by atoms with van der Waals surface area (Å²) < 4.78 is 0. The standard InChI is InChI=1S/C39H56N8O10/c1-7-21(4)30-37(55)40-19-29(49)42-31(20(2)3)44-33(51)22(5)32(50)41-23(6)34(52)45-35(53)26(18-24-12-14-25(48)15-13-24)38(56)47-17-9-11-28(47)39(57)46-16-8-10-27(46)36(54)43-30/h12-15,20-23,26-28,30-31,48H,7-11,16-19H2,1-6H3,(H,40,55)(H,41,50)(H,42,49)(H,43,54)(H,44,51)(H,45,52,53). The zero-order valence-electron chi connectivity index (χ0n) is 33.4. The summed E-state index contributed by atoms with van der Waals surface area (Å²) in [5.41, 5.74) is 0.480. The first-order valence-electron chi connectivity index (χ1n) is 19.6. The van der Waals surface area contributed by atoms with Crippen LogP contribution in [0.25, 0.3) is 0 Å². The van der Waals surface area contributed by atoms with E-state index in [0.717, 1.165) is 0 Å². The molecule has 0 bridgehead atoms. The highest BCUT2D eigenvalue weighted by Crippen LogP contribution is 2.28. The Kier molecular flexibility index (Phi) is 15.1. The zero-order chi connectivity index (χ0) is 42.1. The highest BCUT2D eigenvalue weighted by Gasteiger charge is 2.45. The summed E-state index contributed by atoms with van der Waals surface area (Å²) in [7, 11) is 0. The molecule has 57 heavy (non-hydrogen) atoms. The molecule has 3 fully saturated rings. The molecule has 3 saturated heterocycles. The number of aromatic hydroxyl groups is 1. The van der Waals surface area contributed by atoms with Crippen LogP contribution in [0.15, 0.2) is 24.3 Å². The zero-order valence-corrected chi connectivity index (χ0v) is 33.4. The lowest BCUT2D eigenvalue weighted by Crippen LogP contribution is -2.58. The van der Waals surface area contributed by atoms with Crippen molar-refractivity contribution in [2.75, 3.05) is 19.6 Å². The van der Waals surface area contributed by atoms with Gasteiger partial charge >= 0.3 is 0 Å². The number of imide groups is 1. The van der Waals surface area contributed by atoms with E-state index in [9.17, 15) is 48.3 Å².